The molecule has 0 saturated heterocycles. The molecule has 0 fully saturated rings. The Morgan fingerprint density at radius 1 is 1.03 bits per heavy atom. The van der Waals surface area contributed by atoms with Gasteiger partial charge in [0.25, 0.3) is 20.2 Å². The molecule has 0 bridgehead atoms. The second-order valence-electron chi connectivity index (χ2n) is 7.37. The summed E-state index contributed by atoms with van der Waals surface area (Å²) in [5.41, 5.74) is -0.103. The van der Waals surface area contributed by atoms with E-state index in [4.69, 9.17) is 9.88 Å². The van der Waals surface area contributed by atoms with E-state index in [1.54, 1.807) is 30.3 Å². The molecule has 2 aromatic carbocycles. The molecule has 10 nitrogen and oxygen atoms in total. The summed E-state index contributed by atoms with van der Waals surface area (Å²) in [7, 11) is -9.47. The topological polar surface area (TPSA) is 156 Å². The number of rotatable bonds is 13. The van der Waals surface area contributed by atoms with Gasteiger partial charge in [0.05, 0.1) is 11.3 Å². The van der Waals surface area contributed by atoms with Gasteiger partial charge in [-0.15, -0.1) is 0 Å². The van der Waals surface area contributed by atoms with Crippen molar-refractivity contribution < 1.29 is 31.5 Å². The number of hydrogen-bond donors (Lipinski definition) is 3. The summed E-state index contributed by atoms with van der Waals surface area (Å²) >= 11 is 0. The third kappa shape index (κ3) is 7.70. The molecule has 0 aliphatic carbocycles. The standard InChI is InChI=1S/C21H29N3O7S2/c1-3-5-12-24(13-6-4-2)18-14-16(21(25)26)15-19(32(27,28)23-33(22,29)30)20(18)31-17-10-8-7-9-11-17/h7-11,14-15,23H,3-6,12-13H2,1-2H3,(H,25,26)(H2,22,29,30). The minimum Gasteiger partial charge on any atom is -0.478 e. The van der Waals surface area contributed by atoms with E-state index in [9.17, 15) is 26.7 Å². The maximum Gasteiger partial charge on any atom is 0.335 e. The fourth-order valence-corrected chi connectivity index (χ4v) is 5.36. The zero-order chi connectivity index (χ0) is 24.6. The lowest BCUT2D eigenvalue weighted by molar-refractivity contribution is 0.0696. The van der Waals surface area contributed by atoms with Crippen molar-refractivity contribution in [3.63, 3.8) is 0 Å². The maximum absolute atomic E-state index is 13.0. The van der Waals surface area contributed by atoms with Gasteiger partial charge in [-0.3, -0.25) is 0 Å². The first-order chi connectivity index (χ1) is 15.5. The number of aromatic carboxylic acids is 1. The molecule has 0 aliphatic heterocycles. The van der Waals surface area contributed by atoms with E-state index >= 15 is 0 Å². The average Bonchev–Trinajstić information content (AvgIpc) is 2.73. The number of ether oxygens (including phenoxy) is 1. The van der Waals surface area contributed by atoms with Crippen LogP contribution in [-0.2, 0) is 20.2 Å². The Balaban J connectivity index is 2.83. The zero-order valence-electron chi connectivity index (χ0n) is 18.5. The van der Waals surface area contributed by atoms with Gasteiger partial charge in [0.2, 0.25) is 0 Å². The second-order valence-corrected chi connectivity index (χ2v) is 10.6. The van der Waals surface area contributed by atoms with Crippen LogP contribution in [0.15, 0.2) is 47.4 Å². The number of nitrogens with two attached hydrogens (primary N) is 1. The number of carboxylic acid groups (broad SMARTS) is 1. The third-order valence-electron chi connectivity index (χ3n) is 4.66. The number of sulfonamides is 1. The van der Waals surface area contributed by atoms with Gasteiger partial charge in [-0.2, -0.15) is 8.42 Å². The molecule has 33 heavy (non-hydrogen) atoms. The van der Waals surface area contributed by atoms with Crippen molar-refractivity contribution in [2.24, 2.45) is 5.14 Å². The predicted octanol–water partition coefficient (Wildman–Crippen LogP) is 3.07. The van der Waals surface area contributed by atoms with E-state index in [1.165, 1.54) is 10.2 Å². The molecule has 0 radical (unpaired) electrons. The lowest BCUT2D eigenvalue weighted by Gasteiger charge is -2.28. The maximum atomic E-state index is 13.0. The molecule has 0 aromatic heterocycles. The van der Waals surface area contributed by atoms with Crippen LogP contribution in [0.1, 0.15) is 49.9 Å². The summed E-state index contributed by atoms with van der Waals surface area (Å²) in [5.74, 6) is -1.27. The molecule has 0 amide bonds. The molecule has 0 atom stereocenters. The zero-order valence-corrected chi connectivity index (χ0v) is 20.2. The van der Waals surface area contributed by atoms with Gasteiger partial charge < -0.3 is 14.7 Å². The van der Waals surface area contributed by atoms with Crippen molar-refractivity contribution in [1.82, 2.24) is 4.13 Å². The van der Waals surface area contributed by atoms with Gasteiger partial charge in [0.15, 0.2) is 5.75 Å². The van der Waals surface area contributed by atoms with E-state index < -0.39 is 31.1 Å². The molecule has 0 aliphatic rings. The van der Waals surface area contributed by atoms with Crippen LogP contribution in [0.4, 0.5) is 5.69 Å². The van der Waals surface area contributed by atoms with Crippen molar-refractivity contribution in [2.75, 3.05) is 18.0 Å². The van der Waals surface area contributed by atoms with Crippen LogP contribution in [0, 0.1) is 0 Å². The number of para-hydroxylation sites is 1. The van der Waals surface area contributed by atoms with Crippen LogP contribution in [0.2, 0.25) is 0 Å². The van der Waals surface area contributed by atoms with Crippen LogP contribution >= 0.6 is 0 Å². The van der Waals surface area contributed by atoms with Crippen molar-refractivity contribution in [3.05, 3.63) is 48.0 Å². The molecule has 2 rings (SSSR count). The number of benzene rings is 2. The van der Waals surface area contributed by atoms with E-state index in [-0.39, 0.29) is 17.0 Å². The summed E-state index contributed by atoms with van der Waals surface area (Å²) in [6.45, 7) is 5.04. The molecule has 0 saturated carbocycles. The Kier molecular flexibility index (Phi) is 9.23. The third-order valence-corrected chi connectivity index (χ3v) is 7.35. The Labute approximate surface area is 194 Å². The lowest BCUT2D eigenvalue weighted by atomic mass is 10.1. The molecule has 12 heteroatoms. The summed E-state index contributed by atoms with van der Waals surface area (Å²) in [6.07, 6.45) is 3.25. The highest BCUT2D eigenvalue weighted by Gasteiger charge is 2.30. The minimum absolute atomic E-state index is 0.186. The lowest BCUT2D eigenvalue weighted by Crippen LogP contribution is -2.36. The number of anilines is 1. The molecular weight excluding hydrogens is 470 g/mol. The number of unbranched alkanes of at least 4 members (excludes halogenated alkanes) is 2. The normalized spacial score (nSPS) is 11.8. The van der Waals surface area contributed by atoms with Gasteiger partial charge in [-0.05, 0) is 37.1 Å². The van der Waals surface area contributed by atoms with Crippen LogP contribution in [0.3, 0.4) is 0 Å². The van der Waals surface area contributed by atoms with Crippen LogP contribution in [0.25, 0.3) is 0 Å². The molecular formula is C21H29N3O7S2. The van der Waals surface area contributed by atoms with E-state index in [0.29, 0.717) is 18.8 Å². The first kappa shape index (κ1) is 26.6. The number of carboxylic acids is 1. The van der Waals surface area contributed by atoms with Crippen LogP contribution < -0.4 is 18.9 Å². The van der Waals surface area contributed by atoms with Crippen LogP contribution in [0.5, 0.6) is 11.5 Å². The summed E-state index contributed by atoms with van der Waals surface area (Å²) in [4.78, 5) is 13.0. The monoisotopic (exact) mass is 499 g/mol. The number of nitrogens with zero attached hydrogens (tertiary/aromatic N) is 1. The smallest absolute Gasteiger partial charge is 0.335 e. The molecule has 0 unspecified atom stereocenters. The first-order valence-electron chi connectivity index (χ1n) is 10.4. The fourth-order valence-electron chi connectivity index (χ4n) is 3.10. The molecule has 182 valence electrons. The highest BCUT2D eigenvalue weighted by Crippen LogP contribution is 2.40. The largest absolute Gasteiger partial charge is 0.478 e. The van der Waals surface area contributed by atoms with E-state index in [1.807, 2.05) is 18.7 Å². The Morgan fingerprint density at radius 3 is 2.09 bits per heavy atom. The van der Waals surface area contributed by atoms with E-state index in [0.717, 1.165) is 31.7 Å². The van der Waals surface area contributed by atoms with Crippen molar-refractivity contribution in [2.45, 2.75) is 44.4 Å². The number of hydrogen-bond acceptors (Lipinski definition) is 7. The van der Waals surface area contributed by atoms with Gasteiger partial charge in [0.1, 0.15) is 10.6 Å². The van der Waals surface area contributed by atoms with Crippen LogP contribution in [-0.4, -0.2) is 41.0 Å². The predicted molar refractivity (Wildman–Crippen MR) is 125 cm³/mol. The highest BCUT2D eigenvalue weighted by molar-refractivity contribution is 8.03. The number of carbonyl (C=O) groups is 1. The van der Waals surface area contributed by atoms with Gasteiger partial charge in [0, 0.05) is 13.1 Å². The quantitative estimate of drug-likeness (QED) is 0.380. The average molecular weight is 500 g/mol. The molecule has 0 heterocycles. The fraction of sp³-hybridized carbons (Fsp3) is 0.381. The minimum atomic E-state index is -4.80. The number of nitrogens with one attached hydrogen (secondary N) is 1. The van der Waals surface area contributed by atoms with Crippen molar-refractivity contribution in [1.29, 1.82) is 0 Å². The molecule has 4 N–H and O–H groups in total. The van der Waals surface area contributed by atoms with Crippen molar-refractivity contribution in [3.8, 4) is 11.5 Å². The van der Waals surface area contributed by atoms with Crippen molar-refractivity contribution >= 4 is 31.9 Å². The second kappa shape index (κ2) is 11.5. The van der Waals surface area contributed by atoms with E-state index in [2.05, 4.69) is 0 Å². The van der Waals surface area contributed by atoms with Gasteiger partial charge in [-0.1, -0.05) is 49.0 Å². The Bertz CT molecular complexity index is 1160. The SMILES string of the molecule is CCCCN(CCCC)c1cc(C(=O)O)cc(S(=O)(=O)NS(N)(=O)=O)c1Oc1ccccc1. The van der Waals surface area contributed by atoms with Gasteiger partial charge in [-0.25, -0.2) is 18.4 Å². The summed E-state index contributed by atoms with van der Waals surface area (Å²) < 4.78 is 56.3. The Hall–Kier alpha value is -2.67. The summed E-state index contributed by atoms with van der Waals surface area (Å²) in [5, 5.41) is 14.5. The van der Waals surface area contributed by atoms with Gasteiger partial charge >= 0.3 is 5.97 Å². The summed E-state index contributed by atoms with van der Waals surface area (Å²) in [6, 6.07) is 10.5. The molecule has 2 aromatic rings. The molecule has 0 spiro atoms. The Morgan fingerprint density at radius 2 is 1.61 bits per heavy atom. The highest BCUT2D eigenvalue weighted by atomic mass is 32.3. The first-order valence-corrected chi connectivity index (χ1v) is 13.5.